The summed E-state index contributed by atoms with van der Waals surface area (Å²) < 4.78 is 37.6. The Morgan fingerprint density at radius 2 is 1.53 bits per heavy atom. The maximum Gasteiger partial charge on any atom is 0.251 e. The summed E-state index contributed by atoms with van der Waals surface area (Å²) in [5.41, 5.74) is 0.450. The number of nitrogens with one attached hydrogen (secondary N) is 3. The van der Waals surface area contributed by atoms with Crippen LogP contribution in [0.3, 0.4) is 0 Å². The van der Waals surface area contributed by atoms with E-state index in [-0.39, 0.29) is 29.8 Å². The van der Waals surface area contributed by atoms with Gasteiger partial charge in [0, 0.05) is 35.8 Å². The number of sulfonamides is 1. The monoisotopic (exact) mass is 463 g/mol. The van der Waals surface area contributed by atoms with Crippen LogP contribution in [0.1, 0.15) is 31.1 Å². The molecule has 3 N–H and O–H groups in total. The minimum absolute atomic E-state index is 0.00212. The van der Waals surface area contributed by atoms with Gasteiger partial charge in [-0.1, -0.05) is 20.8 Å². The Bertz CT molecular complexity index is 1060. The third-order valence-corrected chi connectivity index (χ3v) is 5.91. The summed E-state index contributed by atoms with van der Waals surface area (Å²) in [6.45, 7) is 5.52. The minimum atomic E-state index is -3.79. The normalized spacial score (nSPS) is 11.5. The number of carbonyl (C=O) groups is 2. The van der Waals surface area contributed by atoms with Gasteiger partial charge in [-0.25, -0.2) is 13.1 Å². The van der Waals surface area contributed by atoms with Gasteiger partial charge in [0.2, 0.25) is 15.9 Å². The van der Waals surface area contributed by atoms with Crippen LogP contribution in [-0.2, 0) is 14.8 Å². The lowest BCUT2D eigenvalue weighted by molar-refractivity contribution is -0.123. The molecule has 0 atom stereocenters. The maximum atomic E-state index is 12.5. The van der Waals surface area contributed by atoms with Crippen molar-refractivity contribution in [3.8, 4) is 11.5 Å². The van der Waals surface area contributed by atoms with Gasteiger partial charge in [-0.15, -0.1) is 0 Å². The zero-order valence-electron chi connectivity index (χ0n) is 18.8. The number of carbonyl (C=O) groups excluding carboxylic acids is 2. The van der Waals surface area contributed by atoms with Crippen molar-refractivity contribution >= 4 is 27.5 Å². The lowest BCUT2D eigenvalue weighted by Gasteiger charge is -2.17. The van der Waals surface area contributed by atoms with Crippen LogP contribution < -0.4 is 24.8 Å². The summed E-state index contributed by atoms with van der Waals surface area (Å²) in [7, 11) is -0.907. The van der Waals surface area contributed by atoms with Gasteiger partial charge in [-0.3, -0.25) is 9.59 Å². The van der Waals surface area contributed by atoms with E-state index in [0.717, 1.165) is 0 Å². The number of amides is 2. The number of hydrogen-bond acceptors (Lipinski definition) is 6. The summed E-state index contributed by atoms with van der Waals surface area (Å²) in [5.74, 6) is 0.231. The first-order chi connectivity index (χ1) is 15.0. The molecule has 2 amide bonds. The number of anilines is 1. The highest BCUT2D eigenvalue weighted by atomic mass is 32.2. The van der Waals surface area contributed by atoms with E-state index >= 15 is 0 Å². The zero-order valence-corrected chi connectivity index (χ0v) is 19.6. The number of ether oxygens (including phenoxy) is 2. The first-order valence-corrected chi connectivity index (χ1v) is 11.4. The molecule has 0 fully saturated rings. The molecule has 0 saturated carbocycles. The van der Waals surface area contributed by atoms with Crippen molar-refractivity contribution < 1.29 is 27.5 Å². The second-order valence-corrected chi connectivity index (χ2v) is 9.72. The van der Waals surface area contributed by atoms with Crippen molar-refractivity contribution in [1.29, 1.82) is 0 Å². The number of hydrogen-bond donors (Lipinski definition) is 3. The van der Waals surface area contributed by atoms with E-state index in [1.807, 2.05) is 20.8 Å². The van der Waals surface area contributed by atoms with Crippen molar-refractivity contribution in [1.82, 2.24) is 10.0 Å². The van der Waals surface area contributed by atoms with E-state index in [1.54, 1.807) is 24.3 Å². The Labute approximate surface area is 188 Å². The van der Waals surface area contributed by atoms with E-state index in [9.17, 15) is 18.0 Å². The average Bonchev–Trinajstić information content (AvgIpc) is 2.75. The van der Waals surface area contributed by atoms with Gasteiger partial charge in [0.05, 0.1) is 19.1 Å². The molecule has 10 heteroatoms. The molecule has 0 radical (unpaired) electrons. The molecule has 0 aliphatic rings. The maximum absolute atomic E-state index is 12.5. The Morgan fingerprint density at radius 1 is 0.906 bits per heavy atom. The summed E-state index contributed by atoms with van der Waals surface area (Å²) in [6.07, 6.45) is 0. The smallest absolute Gasteiger partial charge is 0.251 e. The molecular formula is C22H29N3O6S. The highest BCUT2D eigenvalue weighted by Crippen LogP contribution is 2.29. The topological polar surface area (TPSA) is 123 Å². The van der Waals surface area contributed by atoms with Crippen molar-refractivity contribution in [2.45, 2.75) is 25.7 Å². The van der Waals surface area contributed by atoms with Crippen LogP contribution in [0, 0.1) is 5.41 Å². The van der Waals surface area contributed by atoms with E-state index in [0.29, 0.717) is 22.7 Å². The third kappa shape index (κ3) is 6.69. The standard InChI is InChI=1S/C22H29N3O6S/c1-22(2,3)21(27)25-16-8-6-15(7-9-16)20(26)23-12-13-24-32(28,29)17-10-11-18(30-4)19(14-17)31-5/h6-11,14,24H,12-13H2,1-5H3,(H,23,26)(H,25,27). The fraction of sp³-hybridized carbons (Fsp3) is 0.364. The van der Waals surface area contributed by atoms with Gasteiger partial charge in [-0.05, 0) is 36.4 Å². The van der Waals surface area contributed by atoms with Crippen molar-refractivity contribution in [2.75, 3.05) is 32.6 Å². The van der Waals surface area contributed by atoms with Crippen molar-refractivity contribution in [2.24, 2.45) is 5.41 Å². The van der Waals surface area contributed by atoms with Crippen LogP contribution >= 0.6 is 0 Å². The molecule has 174 valence electrons. The van der Waals surface area contributed by atoms with E-state index < -0.39 is 15.4 Å². The van der Waals surface area contributed by atoms with Crippen LogP contribution in [0.25, 0.3) is 0 Å². The van der Waals surface area contributed by atoms with Crippen LogP contribution in [0.4, 0.5) is 5.69 Å². The second-order valence-electron chi connectivity index (χ2n) is 7.95. The van der Waals surface area contributed by atoms with E-state index in [4.69, 9.17) is 9.47 Å². The molecule has 0 aliphatic heterocycles. The largest absolute Gasteiger partial charge is 0.493 e. The Morgan fingerprint density at radius 3 is 2.09 bits per heavy atom. The minimum Gasteiger partial charge on any atom is -0.493 e. The first kappa shape index (κ1) is 25.2. The van der Waals surface area contributed by atoms with Crippen LogP contribution in [0.2, 0.25) is 0 Å². The Hall–Kier alpha value is -3.11. The molecule has 0 aromatic heterocycles. The SMILES string of the molecule is COc1ccc(S(=O)(=O)NCCNC(=O)c2ccc(NC(=O)C(C)(C)C)cc2)cc1OC. The van der Waals surface area contributed by atoms with Crippen LogP contribution in [0.15, 0.2) is 47.4 Å². The molecule has 9 nitrogen and oxygen atoms in total. The molecule has 2 aromatic carbocycles. The quantitative estimate of drug-likeness (QED) is 0.491. The highest BCUT2D eigenvalue weighted by molar-refractivity contribution is 7.89. The zero-order chi connectivity index (χ0) is 23.9. The first-order valence-electron chi connectivity index (χ1n) is 9.89. The third-order valence-electron chi connectivity index (χ3n) is 4.45. The number of rotatable bonds is 9. The van der Waals surface area contributed by atoms with Gasteiger partial charge in [0.25, 0.3) is 5.91 Å². The summed E-state index contributed by atoms with van der Waals surface area (Å²) in [6, 6.07) is 10.7. The molecule has 32 heavy (non-hydrogen) atoms. The van der Waals surface area contributed by atoms with Gasteiger partial charge in [0.15, 0.2) is 11.5 Å². The number of methoxy groups -OCH3 is 2. The van der Waals surface area contributed by atoms with Gasteiger partial charge >= 0.3 is 0 Å². The van der Waals surface area contributed by atoms with Gasteiger partial charge in [-0.2, -0.15) is 0 Å². The van der Waals surface area contributed by atoms with E-state index in [1.165, 1.54) is 32.4 Å². The predicted octanol–water partition coefficient (Wildman–Crippen LogP) is 2.40. The average molecular weight is 464 g/mol. The summed E-state index contributed by atoms with van der Waals surface area (Å²) >= 11 is 0. The fourth-order valence-electron chi connectivity index (χ4n) is 2.55. The molecule has 0 saturated heterocycles. The molecule has 2 rings (SSSR count). The lowest BCUT2D eigenvalue weighted by atomic mass is 9.95. The molecular weight excluding hydrogens is 434 g/mol. The van der Waals surface area contributed by atoms with Crippen molar-refractivity contribution in [3.63, 3.8) is 0 Å². The lowest BCUT2D eigenvalue weighted by Crippen LogP contribution is -2.34. The molecule has 0 unspecified atom stereocenters. The van der Waals surface area contributed by atoms with E-state index in [2.05, 4.69) is 15.4 Å². The Balaban J connectivity index is 1.88. The van der Waals surface area contributed by atoms with Crippen molar-refractivity contribution in [3.05, 3.63) is 48.0 Å². The molecule has 0 spiro atoms. The summed E-state index contributed by atoms with van der Waals surface area (Å²) in [4.78, 5) is 24.3. The number of benzene rings is 2. The summed E-state index contributed by atoms with van der Waals surface area (Å²) in [5, 5.41) is 5.43. The molecule has 0 heterocycles. The predicted molar refractivity (Wildman–Crippen MR) is 122 cm³/mol. The molecule has 2 aromatic rings. The Kier molecular flexibility index (Phi) is 8.23. The van der Waals surface area contributed by atoms with Crippen LogP contribution in [-0.4, -0.2) is 47.5 Å². The molecule has 0 aliphatic carbocycles. The van der Waals surface area contributed by atoms with Gasteiger partial charge < -0.3 is 20.1 Å². The highest BCUT2D eigenvalue weighted by Gasteiger charge is 2.21. The van der Waals surface area contributed by atoms with Crippen LogP contribution in [0.5, 0.6) is 11.5 Å². The fourth-order valence-corrected chi connectivity index (χ4v) is 3.60. The second kappa shape index (κ2) is 10.5. The van der Waals surface area contributed by atoms with Gasteiger partial charge in [0.1, 0.15) is 0 Å². The molecule has 0 bridgehead atoms.